The monoisotopic (exact) mass is 1160 g/mol. The lowest BCUT2D eigenvalue weighted by atomic mass is 10.0. The molecule has 0 N–H and O–H groups in total. The molecule has 0 aliphatic rings. The summed E-state index contributed by atoms with van der Waals surface area (Å²) in [5.41, 5.74) is 0. The SMILES string of the molecule is CC/C=C\C/C=C\C/C=C\C/C=C\CCCCC(=O)OCC(COC(=O)CCCCCCCCCCCCCCCCCCCC/C=C\C/C=C\C/C=C\CCCCCCC)OC(=O)CCCCCCCCCCCCCCCCCCC. The van der Waals surface area contributed by atoms with Gasteiger partial charge in [-0.1, -0.05) is 337 Å². The molecule has 0 aromatic carbocycles. The maximum Gasteiger partial charge on any atom is 0.306 e. The van der Waals surface area contributed by atoms with Crippen molar-refractivity contribution in [3.63, 3.8) is 0 Å². The molecule has 0 bridgehead atoms. The second-order valence-electron chi connectivity index (χ2n) is 24.1. The first-order valence-corrected chi connectivity index (χ1v) is 36.1. The average molecular weight is 1160 g/mol. The van der Waals surface area contributed by atoms with Gasteiger partial charge in [0.05, 0.1) is 0 Å². The molecular weight excluding hydrogens is 1020 g/mol. The van der Waals surface area contributed by atoms with E-state index in [1.165, 1.54) is 231 Å². The van der Waals surface area contributed by atoms with Crippen molar-refractivity contribution >= 4 is 17.9 Å². The van der Waals surface area contributed by atoms with Crippen LogP contribution in [0.3, 0.4) is 0 Å². The minimum Gasteiger partial charge on any atom is -0.462 e. The van der Waals surface area contributed by atoms with E-state index in [1.54, 1.807) is 0 Å². The van der Waals surface area contributed by atoms with Crippen molar-refractivity contribution in [2.24, 2.45) is 0 Å². The molecular formula is C77H136O6. The smallest absolute Gasteiger partial charge is 0.306 e. The number of carbonyl (C=O) groups is 3. The summed E-state index contributed by atoms with van der Waals surface area (Å²) in [5.74, 6) is -0.908. The Morgan fingerprint density at radius 3 is 0.759 bits per heavy atom. The molecule has 0 spiro atoms. The van der Waals surface area contributed by atoms with Crippen molar-refractivity contribution in [2.75, 3.05) is 13.2 Å². The number of rotatable bonds is 66. The molecule has 0 radical (unpaired) electrons. The van der Waals surface area contributed by atoms with Gasteiger partial charge in [-0.25, -0.2) is 0 Å². The van der Waals surface area contributed by atoms with Crippen LogP contribution in [0.4, 0.5) is 0 Å². The van der Waals surface area contributed by atoms with Crippen molar-refractivity contribution < 1.29 is 28.6 Å². The highest BCUT2D eigenvalue weighted by Crippen LogP contribution is 2.18. The highest BCUT2D eigenvalue weighted by atomic mass is 16.6. The van der Waals surface area contributed by atoms with Gasteiger partial charge in [0.2, 0.25) is 0 Å². The highest BCUT2D eigenvalue weighted by molar-refractivity contribution is 5.71. The first-order chi connectivity index (χ1) is 41.0. The normalized spacial score (nSPS) is 12.6. The number of ether oxygens (including phenoxy) is 3. The average Bonchev–Trinajstić information content (AvgIpc) is 3.49. The summed E-state index contributed by atoms with van der Waals surface area (Å²) in [7, 11) is 0. The second-order valence-corrected chi connectivity index (χ2v) is 24.1. The summed E-state index contributed by atoms with van der Waals surface area (Å²) in [5, 5.41) is 0. The Morgan fingerprint density at radius 2 is 0.470 bits per heavy atom. The number of allylic oxidation sites excluding steroid dienone is 14. The van der Waals surface area contributed by atoms with E-state index in [2.05, 4.69) is 106 Å². The van der Waals surface area contributed by atoms with E-state index in [-0.39, 0.29) is 31.1 Å². The number of carbonyl (C=O) groups excluding carboxylic acids is 3. The quantitative estimate of drug-likeness (QED) is 0.0261. The first kappa shape index (κ1) is 79.6. The summed E-state index contributed by atoms with van der Waals surface area (Å²) in [6.07, 6.45) is 94.9. The van der Waals surface area contributed by atoms with Gasteiger partial charge >= 0.3 is 17.9 Å². The van der Waals surface area contributed by atoms with E-state index < -0.39 is 6.10 Å². The number of esters is 3. The standard InChI is InChI=1S/C77H136O6/c1-4-7-10-13-16-19-22-25-28-30-31-32-33-34-35-36-37-38-39-40-41-42-43-44-45-47-49-52-55-58-61-64-67-70-76(79)82-73-74(72-81-75(78)69-66-63-60-57-54-51-48-27-24-21-18-15-12-9-6-3)83-77(80)71-68-65-62-59-56-53-50-46-29-26-23-20-17-14-11-8-5-2/h9,12,18,21-22,25,27,30-31,33-34,48,54,57,74H,4-8,10-11,13-17,19-20,23-24,26,28-29,32,35-47,49-53,55-56,58-73H2,1-3H3/b12-9-,21-18-,25-22-,31-30-,34-33-,48-27-,57-54-. The Labute approximate surface area is 515 Å². The molecule has 0 aromatic heterocycles. The van der Waals surface area contributed by atoms with E-state index in [1.807, 2.05) is 0 Å². The Kier molecular flexibility index (Phi) is 68.2. The predicted octanol–water partition coefficient (Wildman–Crippen LogP) is 25.0. The molecule has 6 heteroatoms. The third kappa shape index (κ3) is 69.3. The molecule has 1 atom stereocenters. The lowest BCUT2D eigenvalue weighted by Crippen LogP contribution is -2.30. The van der Waals surface area contributed by atoms with Crippen LogP contribution in [0.1, 0.15) is 367 Å². The molecule has 1 unspecified atom stereocenters. The predicted molar refractivity (Wildman–Crippen MR) is 362 cm³/mol. The molecule has 0 rings (SSSR count). The van der Waals surface area contributed by atoms with Gasteiger partial charge in [0.15, 0.2) is 6.10 Å². The van der Waals surface area contributed by atoms with Crippen LogP contribution >= 0.6 is 0 Å². The van der Waals surface area contributed by atoms with Gasteiger partial charge in [-0.05, 0) is 96.3 Å². The molecule has 0 saturated heterocycles. The van der Waals surface area contributed by atoms with Gasteiger partial charge in [0.1, 0.15) is 13.2 Å². The highest BCUT2D eigenvalue weighted by Gasteiger charge is 2.19. The zero-order valence-corrected chi connectivity index (χ0v) is 55.2. The number of unbranched alkanes of at least 4 members (excludes halogenated alkanes) is 41. The molecule has 480 valence electrons. The summed E-state index contributed by atoms with van der Waals surface area (Å²) in [4.78, 5) is 38.4. The van der Waals surface area contributed by atoms with Crippen molar-refractivity contribution in [1.82, 2.24) is 0 Å². The topological polar surface area (TPSA) is 78.9 Å². The fraction of sp³-hybridized carbons (Fsp3) is 0.779. The summed E-state index contributed by atoms with van der Waals surface area (Å²) < 4.78 is 16.9. The van der Waals surface area contributed by atoms with Crippen molar-refractivity contribution in [3.8, 4) is 0 Å². The minimum absolute atomic E-state index is 0.0850. The van der Waals surface area contributed by atoms with Gasteiger partial charge in [0, 0.05) is 19.3 Å². The fourth-order valence-corrected chi connectivity index (χ4v) is 10.5. The van der Waals surface area contributed by atoms with Gasteiger partial charge in [-0.2, -0.15) is 0 Å². The van der Waals surface area contributed by atoms with E-state index in [9.17, 15) is 14.4 Å². The van der Waals surface area contributed by atoms with Crippen molar-refractivity contribution in [1.29, 1.82) is 0 Å². The summed E-state index contributed by atoms with van der Waals surface area (Å²) >= 11 is 0. The third-order valence-electron chi connectivity index (χ3n) is 15.9. The maximum absolute atomic E-state index is 12.9. The van der Waals surface area contributed by atoms with Crippen molar-refractivity contribution in [3.05, 3.63) is 85.1 Å². The van der Waals surface area contributed by atoms with E-state index in [0.717, 1.165) is 96.3 Å². The van der Waals surface area contributed by atoms with E-state index in [0.29, 0.717) is 19.3 Å². The molecule has 0 amide bonds. The van der Waals surface area contributed by atoms with Crippen LogP contribution in [0.15, 0.2) is 85.1 Å². The molecule has 0 aliphatic heterocycles. The van der Waals surface area contributed by atoms with Crippen LogP contribution in [0.2, 0.25) is 0 Å². The van der Waals surface area contributed by atoms with Gasteiger partial charge < -0.3 is 14.2 Å². The molecule has 0 fully saturated rings. The maximum atomic E-state index is 12.9. The lowest BCUT2D eigenvalue weighted by molar-refractivity contribution is -0.167. The van der Waals surface area contributed by atoms with Gasteiger partial charge in [-0.15, -0.1) is 0 Å². The van der Waals surface area contributed by atoms with Crippen LogP contribution < -0.4 is 0 Å². The summed E-state index contributed by atoms with van der Waals surface area (Å²) in [6.45, 7) is 6.53. The molecule has 0 aromatic rings. The molecule has 6 nitrogen and oxygen atoms in total. The van der Waals surface area contributed by atoms with Gasteiger partial charge in [0.25, 0.3) is 0 Å². The molecule has 83 heavy (non-hydrogen) atoms. The number of hydrogen-bond donors (Lipinski definition) is 0. The third-order valence-corrected chi connectivity index (χ3v) is 15.9. The van der Waals surface area contributed by atoms with Crippen molar-refractivity contribution in [2.45, 2.75) is 374 Å². The fourth-order valence-electron chi connectivity index (χ4n) is 10.5. The number of hydrogen-bond acceptors (Lipinski definition) is 6. The van der Waals surface area contributed by atoms with Crippen LogP contribution in [-0.4, -0.2) is 37.2 Å². The van der Waals surface area contributed by atoms with Crippen LogP contribution in [0.5, 0.6) is 0 Å². The van der Waals surface area contributed by atoms with Crippen LogP contribution in [-0.2, 0) is 28.6 Å². The van der Waals surface area contributed by atoms with Crippen LogP contribution in [0, 0.1) is 0 Å². The minimum atomic E-state index is -0.792. The Morgan fingerprint density at radius 1 is 0.253 bits per heavy atom. The first-order valence-electron chi connectivity index (χ1n) is 36.1. The van der Waals surface area contributed by atoms with E-state index >= 15 is 0 Å². The molecule has 0 saturated carbocycles. The molecule has 0 heterocycles. The Hall–Kier alpha value is -3.41. The lowest BCUT2D eigenvalue weighted by Gasteiger charge is -2.18. The van der Waals surface area contributed by atoms with Crippen LogP contribution in [0.25, 0.3) is 0 Å². The van der Waals surface area contributed by atoms with E-state index in [4.69, 9.17) is 14.2 Å². The largest absolute Gasteiger partial charge is 0.462 e. The second kappa shape index (κ2) is 71.1. The Balaban J connectivity index is 4.20. The van der Waals surface area contributed by atoms with Gasteiger partial charge in [-0.3, -0.25) is 14.4 Å². The zero-order valence-electron chi connectivity index (χ0n) is 55.2. The molecule has 0 aliphatic carbocycles. The zero-order chi connectivity index (χ0) is 59.9. The summed E-state index contributed by atoms with van der Waals surface area (Å²) in [6, 6.07) is 0. The Bertz CT molecular complexity index is 1570.